The second kappa shape index (κ2) is 8.27. The van der Waals surface area contributed by atoms with Crippen LogP contribution in [0.3, 0.4) is 0 Å². The van der Waals surface area contributed by atoms with Crippen LogP contribution in [0.1, 0.15) is 18.9 Å². The molecule has 0 atom stereocenters. The van der Waals surface area contributed by atoms with Crippen LogP contribution in [0.5, 0.6) is 5.75 Å². The summed E-state index contributed by atoms with van der Waals surface area (Å²) in [6.07, 6.45) is 5.75. The molecule has 6 nitrogen and oxygen atoms in total. The predicted octanol–water partition coefficient (Wildman–Crippen LogP) is 2.79. The van der Waals surface area contributed by atoms with Crippen molar-refractivity contribution in [1.29, 1.82) is 0 Å². The average Bonchev–Trinajstić information content (AvgIpc) is 2.68. The minimum atomic E-state index is -3.18. The van der Waals surface area contributed by atoms with Gasteiger partial charge in [-0.2, -0.15) is 0 Å². The van der Waals surface area contributed by atoms with Gasteiger partial charge in [0, 0.05) is 44.6 Å². The molecule has 0 radical (unpaired) electrons. The number of aromatic nitrogens is 1. The van der Waals surface area contributed by atoms with Crippen molar-refractivity contribution < 1.29 is 13.2 Å². The Balaban J connectivity index is 1.69. The summed E-state index contributed by atoms with van der Waals surface area (Å²) in [7, 11) is 0.515. The molecular formula is C20H27N3O3S. The van der Waals surface area contributed by atoms with Gasteiger partial charge in [0.05, 0.1) is 11.9 Å². The molecule has 0 N–H and O–H groups in total. The van der Waals surface area contributed by atoms with Gasteiger partial charge in [0.1, 0.15) is 12.4 Å². The Labute approximate surface area is 161 Å². The van der Waals surface area contributed by atoms with Crippen LogP contribution < -0.4 is 9.64 Å². The van der Waals surface area contributed by atoms with Crippen molar-refractivity contribution in [1.82, 2.24) is 9.29 Å². The van der Waals surface area contributed by atoms with Crippen molar-refractivity contribution in [3.63, 3.8) is 0 Å². The van der Waals surface area contributed by atoms with Crippen LogP contribution in [-0.4, -0.2) is 57.3 Å². The third-order valence-corrected chi connectivity index (χ3v) is 6.85. The zero-order valence-electron chi connectivity index (χ0n) is 16.2. The van der Waals surface area contributed by atoms with Crippen LogP contribution in [0.25, 0.3) is 11.1 Å². The molecule has 1 aliphatic rings. The van der Waals surface area contributed by atoms with E-state index in [-0.39, 0.29) is 12.4 Å². The lowest BCUT2D eigenvalue weighted by Gasteiger charge is -2.27. The summed E-state index contributed by atoms with van der Waals surface area (Å²) >= 11 is 0. The third-order valence-electron chi connectivity index (χ3n) is 4.99. The van der Waals surface area contributed by atoms with E-state index in [0.717, 1.165) is 24.1 Å². The van der Waals surface area contributed by atoms with Crippen molar-refractivity contribution in [2.24, 2.45) is 0 Å². The molecule has 146 valence electrons. The number of anilines is 1. The molecule has 0 bridgehead atoms. The standard InChI is InChI=1S/C20H27N3O3S/c1-4-27(24,25)23(3)10-11-26-19-13-18(14-21-15-19)16-7-8-20-17(12-16)6-5-9-22(20)2/h7-8,12-15H,4-6,9-11H2,1-3H3. The van der Waals surface area contributed by atoms with Gasteiger partial charge in [-0.3, -0.25) is 4.98 Å². The Kier molecular flexibility index (Phi) is 6.01. The van der Waals surface area contributed by atoms with Crippen LogP contribution in [0.15, 0.2) is 36.7 Å². The highest BCUT2D eigenvalue weighted by Gasteiger charge is 2.16. The molecule has 0 fully saturated rings. The molecule has 0 saturated heterocycles. The zero-order valence-corrected chi connectivity index (χ0v) is 17.0. The molecule has 2 heterocycles. The van der Waals surface area contributed by atoms with Gasteiger partial charge < -0.3 is 9.64 Å². The lowest BCUT2D eigenvalue weighted by molar-refractivity contribution is 0.286. The molecule has 0 spiro atoms. The third kappa shape index (κ3) is 4.59. The maximum Gasteiger partial charge on any atom is 0.213 e. The Bertz CT molecular complexity index is 899. The highest BCUT2D eigenvalue weighted by atomic mass is 32.2. The topological polar surface area (TPSA) is 62.7 Å². The molecule has 0 unspecified atom stereocenters. The summed E-state index contributed by atoms with van der Waals surface area (Å²) < 4.78 is 30.6. The van der Waals surface area contributed by atoms with Gasteiger partial charge >= 0.3 is 0 Å². The number of hydrogen-bond donors (Lipinski definition) is 0. The van der Waals surface area contributed by atoms with Gasteiger partial charge in [-0.15, -0.1) is 0 Å². The normalized spacial score (nSPS) is 14.3. The fraction of sp³-hybridized carbons (Fsp3) is 0.450. The molecule has 2 aromatic rings. The molecule has 3 rings (SSSR count). The van der Waals surface area contributed by atoms with Gasteiger partial charge in [-0.05, 0) is 49.1 Å². The monoisotopic (exact) mass is 389 g/mol. The Morgan fingerprint density at radius 3 is 2.81 bits per heavy atom. The van der Waals surface area contributed by atoms with Crippen molar-refractivity contribution >= 4 is 15.7 Å². The molecule has 1 aromatic heterocycles. The Morgan fingerprint density at radius 2 is 2.04 bits per heavy atom. The van der Waals surface area contributed by atoms with Crippen LogP contribution in [0.2, 0.25) is 0 Å². The van der Waals surface area contributed by atoms with Crippen LogP contribution in [0.4, 0.5) is 5.69 Å². The van der Waals surface area contributed by atoms with E-state index in [9.17, 15) is 8.42 Å². The van der Waals surface area contributed by atoms with Gasteiger partial charge in [0.2, 0.25) is 10.0 Å². The van der Waals surface area contributed by atoms with E-state index in [0.29, 0.717) is 12.3 Å². The van der Waals surface area contributed by atoms with Gasteiger partial charge in [-0.25, -0.2) is 12.7 Å². The van der Waals surface area contributed by atoms with E-state index in [1.807, 2.05) is 12.3 Å². The van der Waals surface area contributed by atoms with Crippen LogP contribution in [0, 0.1) is 0 Å². The molecule has 0 amide bonds. The number of benzene rings is 1. The molecule has 1 aromatic carbocycles. The quantitative estimate of drug-likeness (QED) is 0.729. The van der Waals surface area contributed by atoms with Crippen LogP contribution in [-0.2, 0) is 16.4 Å². The highest BCUT2D eigenvalue weighted by molar-refractivity contribution is 7.89. The van der Waals surface area contributed by atoms with E-state index in [2.05, 4.69) is 35.1 Å². The summed E-state index contributed by atoms with van der Waals surface area (Å²) in [6.45, 7) is 3.33. The van der Waals surface area contributed by atoms with Crippen molar-refractivity contribution in [3.8, 4) is 16.9 Å². The number of nitrogens with zero attached hydrogens (tertiary/aromatic N) is 3. The van der Waals surface area contributed by atoms with E-state index in [1.165, 1.54) is 22.0 Å². The summed E-state index contributed by atoms with van der Waals surface area (Å²) in [4.78, 5) is 6.58. The van der Waals surface area contributed by atoms with Crippen molar-refractivity contribution in [3.05, 3.63) is 42.2 Å². The maximum atomic E-state index is 11.8. The van der Waals surface area contributed by atoms with Gasteiger partial charge in [-0.1, -0.05) is 6.07 Å². The lowest BCUT2D eigenvalue weighted by atomic mass is 9.97. The average molecular weight is 390 g/mol. The van der Waals surface area contributed by atoms with E-state index >= 15 is 0 Å². The molecule has 0 saturated carbocycles. The number of rotatable bonds is 7. The number of pyridine rings is 1. The van der Waals surface area contributed by atoms with Crippen molar-refractivity contribution in [2.75, 3.05) is 44.4 Å². The van der Waals surface area contributed by atoms with Gasteiger partial charge in [0.25, 0.3) is 0 Å². The van der Waals surface area contributed by atoms with Gasteiger partial charge in [0.15, 0.2) is 0 Å². The summed E-state index contributed by atoms with van der Waals surface area (Å²) in [5.74, 6) is 0.735. The zero-order chi connectivity index (χ0) is 19.4. The molecule has 1 aliphatic heterocycles. The van der Waals surface area contributed by atoms with E-state index in [4.69, 9.17) is 4.74 Å². The number of fused-ring (bicyclic) bond motifs is 1. The smallest absolute Gasteiger partial charge is 0.213 e. The largest absolute Gasteiger partial charge is 0.491 e. The minimum Gasteiger partial charge on any atom is -0.491 e. The summed E-state index contributed by atoms with van der Waals surface area (Å²) in [5.41, 5.74) is 4.77. The first-order valence-electron chi connectivity index (χ1n) is 9.27. The number of ether oxygens (including phenoxy) is 1. The first kappa shape index (κ1) is 19.6. The molecule has 0 aliphatic carbocycles. The van der Waals surface area contributed by atoms with E-state index in [1.54, 1.807) is 20.2 Å². The SMILES string of the molecule is CCS(=O)(=O)N(C)CCOc1cncc(-c2ccc3c(c2)CCCN3C)c1. The first-order chi connectivity index (χ1) is 12.9. The molecule has 7 heteroatoms. The number of hydrogen-bond acceptors (Lipinski definition) is 5. The Morgan fingerprint density at radius 1 is 1.22 bits per heavy atom. The van der Waals surface area contributed by atoms with Crippen LogP contribution >= 0.6 is 0 Å². The maximum absolute atomic E-state index is 11.8. The predicted molar refractivity (Wildman–Crippen MR) is 109 cm³/mol. The first-order valence-corrected chi connectivity index (χ1v) is 10.9. The van der Waals surface area contributed by atoms with E-state index < -0.39 is 10.0 Å². The number of likely N-dealkylation sites (N-methyl/N-ethyl adjacent to an activating group) is 1. The fourth-order valence-electron chi connectivity index (χ4n) is 3.27. The molecular weight excluding hydrogens is 362 g/mol. The number of sulfonamides is 1. The second-order valence-electron chi connectivity index (χ2n) is 6.85. The lowest BCUT2D eigenvalue weighted by Crippen LogP contribution is -2.32. The Hall–Kier alpha value is -2.12. The summed E-state index contributed by atoms with van der Waals surface area (Å²) in [6, 6.07) is 8.47. The second-order valence-corrected chi connectivity index (χ2v) is 9.21. The number of aryl methyl sites for hydroxylation is 1. The highest BCUT2D eigenvalue weighted by Crippen LogP contribution is 2.31. The minimum absolute atomic E-state index is 0.0913. The van der Waals surface area contributed by atoms with Crippen molar-refractivity contribution in [2.45, 2.75) is 19.8 Å². The fourth-order valence-corrected chi connectivity index (χ4v) is 4.07. The summed E-state index contributed by atoms with van der Waals surface area (Å²) in [5, 5.41) is 0. The molecule has 27 heavy (non-hydrogen) atoms.